The van der Waals surface area contributed by atoms with Gasteiger partial charge in [-0.1, -0.05) is 18.2 Å². The molecule has 2 atom stereocenters. The minimum atomic E-state index is 0.0954. The molecule has 1 aliphatic heterocycles. The molecule has 1 saturated heterocycles. The average Bonchev–Trinajstić information content (AvgIpc) is 2.66. The molecule has 2 rings (SSSR count). The molecule has 0 aliphatic carbocycles. The molecule has 1 aromatic rings. The maximum atomic E-state index is 12.2. The number of anilines is 1. The van der Waals surface area contributed by atoms with Crippen molar-refractivity contribution in [2.75, 3.05) is 11.9 Å². The Kier molecular flexibility index (Phi) is 4.25. The number of likely N-dealkylation sites (tertiary alicyclic amines) is 1. The minimum Gasteiger partial charge on any atom is -0.324 e. The first kappa shape index (κ1) is 14.1. The van der Waals surface area contributed by atoms with Gasteiger partial charge in [-0.25, -0.2) is 0 Å². The second-order valence-corrected chi connectivity index (χ2v) is 5.76. The smallest absolute Gasteiger partial charge is 0.238 e. The number of hydrogen-bond acceptors (Lipinski definition) is 2. The summed E-state index contributed by atoms with van der Waals surface area (Å²) < 4.78 is 0. The van der Waals surface area contributed by atoms with Gasteiger partial charge in [0.15, 0.2) is 0 Å². The molecular weight excluding hydrogens is 236 g/mol. The van der Waals surface area contributed by atoms with Crippen molar-refractivity contribution in [3.63, 3.8) is 0 Å². The Labute approximate surface area is 116 Å². The van der Waals surface area contributed by atoms with E-state index in [0.717, 1.165) is 16.8 Å². The quantitative estimate of drug-likeness (QED) is 0.905. The maximum absolute atomic E-state index is 12.2. The highest BCUT2D eigenvalue weighted by Gasteiger charge is 2.28. The Bertz CT molecular complexity index is 440. The zero-order valence-electron chi connectivity index (χ0n) is 12.4. The van der Waals surface area contributed by atoms with E-state index in [1.807, 2.05) is 32.0 Å². The fraction of sp³-hybridized carbons (Fsp3) is 0.562. The lowest BCUT2D eigenvalue weighted by molar-refractivity contribution is -0.117. The molecule has 0 aromatic heterocycles. The molecule has 0 spiro atoms. The van der Waals surface area contributed by atoms with Crippen molar-refractivity contribution in [3.8, 4) is 0 Å². The van der Waals surface area contributed by atoms with E-state index in [-0.39, 0.29) is 5.91 Å². The number of benzene rings is 1. The van der Waals surface area contributed by atoms with Gasteiger partial charge in [0.05, 0.1) is 6.54 Å². The van der Waals surface area contributed by atoms with Crippen LogP contribution in [-0.4, -0.2) is 29.4 Å². The SMILES string of the molecule is Cc1cccc(C)c1NC(=O)CN1C(C)CCC1C. The van der Waals surface area contributed by atoms with Crippen LogP contribution in [0.5, 0.6) is 0 Å². The summed E-state index contributed by atoms with van der Waals surface area (Å²) >= 11 is 0. The average molecular weight is 260 g/mol. The first-order chi connectivity index (χ1) is 8.99. The van der Waals surface area contributed by atoms with E-state index in [1.165, 1.54) is 12.8 Å². The van der Waals surface area contributed by atoms with Gasteiger partial charge in [0.25, 0.3) is 0 Å². The number of amides is 1. The van der Waals surface area contributed by atoms with Crippen molar-refractivity contribution in [1.29, 1.82) is 0 Å². The third-order valence-corrected chi connectivity index (χ3v) is 4.21. The second-order valence-electron chi connectivity index (χ2n) is 5.76. The van der Waals surface area contributed by atoms with Gasteiger partial charge in [-0.2, -0.15) is 0 Å². The van der Waals surface area contributed by atoms with Crippen LogP contribution in [-0.2, 0) is 4.79 Å². The predicted octanol–water partition coefficient (Wildman–Crippen LogP) is 3.11. The standard InChI is InChI=1S/C16H24N2O/c1-11-6-5-7-12(2)16(11)17-15(19)10-18-13(3)8-9-14(18)4/h5-7,13-14H,8-10H2,1-4H3,(H,17,19). The number of rotatable bonds is 3. The van der Waals surface area contributed by atoms with Crippen molar-refractivity contribution in [1.82, 2.24) is 4.90 Å². The fourth-order valence-corrected chi connectivity index (χ4v) is 2.92. The van der Waals surface area contributed by atoms with Crippen LogP contribution in [0.25, 0.3) is 0 Å². The van der Waals surface area contributed by atoms with Gasteiger partial charge in [-0.05, 0) is 51.7 Å². The maximum Gasteiger partial charge on any atom is 0.238 e. The van der Waals surface area contributed by atoms with Crippen LogP contribution >= 0.6 is 0 Å². The van der Waals surface area contributed by atoms with Gasteiger partial charge in [0, 0.05) is 17.8 Å². The molecular formula is C16H24N2O. The van der Waals surface area contributed by atoms with Crippen LogP contribution < -0.4 is 5.32 Å². The first-order valence-electron chi connectivity index (χ1n) is 7.11. The molecule has 19 heavy (non-hydrogen) atoms. The van der Waals surface area contributed by atoms with E-state index < -0.39 is 0 Å². The summed E-state index contributed by atoms with van der Waals surface area (Å²) in [6.45, 7) is 8.97. The lowest BCUT2D eigenvalue weighted by atomic mass is 10.1. The van der Waals surface area contributed by atoms with Crippen molar-refractivity contribution in [2.24, 2.45) is 0 Å². The molecule has 1 aliphatic rings. The first-order valence-corrected chi connectivity index (χ1v) is 7.11. The number of nitrogens with one attached hydrogen (secondary N) is 1. The van der Waals surface area contributed by atoms with Crippen LogP contribution in [0.3, 0.4) is 0 Å². The summed E-state index contributed by atoms with van der Waals surface area (Å²) in [6, 6.07) is 7.11. The van der Waals surface area contributed by atoms with Crippen LogP contribution in [0, 0.1) is 13.8 Å². The topological polar surface area (TPSA) is 32.3 Å². The number of para-hydroxylation sites is 1. The molecule has 2 unspecified atom stereocenters. The van der Waals surface area contributed by atoms with E-state index in [9.17, 15) is 4.79 Å². The van der Waals surface area contributed by atoms with Crippen LogP contribution in [0.4, 0.5) is 5.69 Å². The lowest BCUT2D eigenvalue weighted by Crippen LogP contribution is -2.39. The Balaban J connectivity index is 2.02. The third kappa shape index (κ3) is 3.16. The van der Waals surface area contributed by atoms with Crippen LogP contribution in [0.1, 0.15) is 37.8 Å². The second kappa shape index (κ2) is 5.74. The summed E-state index contributed by atoms with van der Waals surface area (Å²) in [5, 5.41) is 3.07. The van der Waals surface area contributed by atoms with E-state index in [4.69, 9.17) is 0 Å². The third-order valence-electron chi connectivity index (χ3n) is 4.21. The molecule has 1 aromatic carbocycles. The van der Waals surface area contributed by atoms with E-state index in [0.29, 0.717) is 18.6 Å². The van der Waals surface area contributed by atoms with Crippen molar-refractivity contribution < 1.29 is 4.79 Å². The summed E-state index contributed by atoms with van der Waals surface area (Å²) in [4.78, 5) is 14.5. The number of nitrogens with zero attached hydrogens (tertiary/aromatic N) is 1. The van der Waals surface area contributed by atoms with E-state index in [2.05, 4.69) is 24.1 Å². The highest BCUT2D eigenvalue weighted by molar-refractivity contribution is 5.93. The molecule has 0 radical (unpaired) electrons. The van der Waals surface area contributed by atoms with E-state index >= 15 is 0 Å². The molecule has 0 bridgehead atoms. The normalized spacial score (nSPS) is 23.6. The fourth-order valence-electron chi connectivity index (χ4n) is 2.92. The molecule has 104 valence electrons. The molecule has 1 heterocycles. The molecule has 1 amide bonds. The number of carbonyl (C=O) groups excluding carboxylic acids is 1. The van der Waals surface area contributed by atoms with Crippen molar-refractivity contribution in [2.45, 2.75) is 52.6 Å². The Morgan fingerprint density at radius 3 is 2.26 bits per heavy atom. The summed E-state index contributed by atoms with van der Waals surface area (Å²) in [6.07, 6.45) is 2.38. The Hall–Kier alpha value is -1.35. The largest absolute Gasteiger partial charge is 0.324 e. The van der Waals surface area contributed by atoms with Gasteiger partial charge < -0.3 is 5.32 Å². The zero-order valence-corrected chi connectivity index (χ0v) is 12.4. The number of hydrogen-bond donors (Lipinski definition) is 1. The van der Waals surface area contributed by atoms with Crippen molar-refractivity contribution >= 4 is 11.6 Å². The van der Waals surface area contributed by atoms with Crippen molar-refractivity contribution in [3.05, 3.63) is 29.3 Å². The lowest BCUT2D eigenvalue weighted by Gasteiger charge is -2.25. The summed E-state index contributed by atoms with van der Waals surface area (Å²) in [7, 11) is 0. The molecule has 3 heteroatoms. The molecule has 3 nitrogen and oxygen atoms in total. The monoisotopic (exact) mass is 260 g/mol. The van der Waals surface area contributed by atoms with Gasteiger partial charge >= 0.3 is 0 Å². The van der Waals surface area contributed by atoms with Crippen LogP contribution in [0.15, 0.2) is 18.2 Å². The van der Waals surface area contributed by atoms with Gasteiger partial charge in [0.2, 0.25) is 5.91 Å². The van der Waals surface area contributed by atoms with Gasteiger partial charge in [-0.15, -0.1) is 0 Å². The highest BCUT2D eigenvalue weighted by atomic mass is 16.2. The predicted molar refractivity (Wildman–Crippen MR) is 79.4 cm³/mol. The minimum absolute atomic E-state index is 0.0954. The Morgan fingerprint density at radius 2 is 1.74 bits per heavy atom. The molecule has 1 N–H and O–H groups in total. The molecule has 0 saturated carbocycles. The van der Waals surface area contributed by atoms with Gasteiger partial charge in [0.1, 0.15) is 0 Å². The van der Waals surface area contributed by atoms with Gasteiger partial charge in [-0.3, -0.25) is 9.69 Å². The zero-order chi connectivity index (χ0) is 14.0. The van der Waals surface area contributed by atoms with Crippen LogP contribution in [0.2, 0.25) is 0 Å². The summed E-state index contributed by atoms with van der Waals surface area (Å²) in [5.41, 5.74) is 3.21. The molecule has 1 fully saturated rings. The van der Waals surface area contributed by atoms with E-state index in [1.54, 1.807) is 0 Å². The summed E-state index contributed by atoms with van der Waals surface area (Å²) in [5.74, 6) is 0.0954. The number of carbonyl (C=O) groups is 1. The highest BCUT2D eigenvalue weighted by Crippen LogP contribution is 2.24. The number of aryl methyl sites for hydroxylation is 2. The Morgan fingerprint density at radius 1 is 1.21 bits per heavy atom.